The van der Waals surface area contributed by atoms with E-state index >= 15 is 0 Å². The number of ether oxygens (including phenoxy) is 1. The minimum atomic E-state index is -1.08. The average Bonchev–Trinajstić information content (AvgIpc) is 2.59. The fourth-order valence-corrected chi connectivity index (χ4v) is 2.43. The molecule has 7 nitrogen and oxygen atoms in total. The van der Waals surface area contributed by atoms with E-state index in [2.05, 4.69) is 10.2 Å². The van der Waals surface area contributed by atoms with E-state index in [1.807, 2.05) is 14.0 Å². The van der Waals surface area contributed by atoms with Gasteiger partial charge in [0.25, 0.3) is 0 Å². The SMILES string of the molecule is CCC1CN(C)CCCN1C(=O)NC(COC)C(=O)O. The zero-order valence-corrected chi connectivity index (χ0v) is 12.5. The maximum absolute atomic E-state index is 12.3. The standard InChI is InChI=1S/C13H25N3O4/c1-4-10-8-15(2)6-5-7-16(10)13(19)14-11(9-20-3)12(17)18/h10-11H,4-9H2,1-3H3,(H,14,19)(H,17,18). The van der Waals surface area contributed by atoms with Gasteiger partial charge in [-0.15, -0.1) is 0 Å². The van der Waals surface area contributed by atoms with Gasteiger partial charge in [0.1, 0.15) is 0 Å². The lowest BCUT2D eigenvalue weighted by Crippen LogP contribution is -2.53. The number of nitrogens with one attached hydrogen (secondary N) is 1. The number of carboxylic acids is 1. The Hall–Kier alpha value is -1.34. The third kappa shape index (κ3) is 4.64. The summed E-state index contributed by atoms with van der Waals surface area (Å²) < 4.78 is 4.83. The Morgan fingerprint density at radius 3 is 2.70 bits per heavy atom. The first-order chi connectivity index (χ1) is 9.49. The van der Waals surface area contributed by atoms with Crippen LogP contribution in [0.3, 0.4) is 0 Å². The Morgan fingerprint density at radius 1 is 1.45 bits per heavy atom. The predicted molar refractivity (Wildman–Crippen MR) is 74.7 cm³/mol. The Bertz CT molecular complexity index is 338. The number of hydrogen-bond donors (Lipinski definition) is 2. The summed E-state index contributed by atoms with van der Waals surface area (Å²) in [5.74, 6) is -1.08. The van der Waals surface area contributed by atoms with Crippen molar-refractivity contribution < 1.29 is 19.4 Å². The number of carbonyl (C=O) groups excluding carboxylic acids is 1. The summed E-state index contributed by atoms with van der Waals surface area (Å²) >= 11 is 0. The normalized spacial score (nSPS) is 22.1. The molecule has 0 radical (unpaired) electrons. The van der Waals surface area contributed by atoms with Gasteiger partial charge >= 0.3 is 12.0 Å². The van der Waals surface area contributed by atoms with Crippen LogP contribution in [-0.4, -0.2) is 79.4 Å². The van der Waals surface area contributed by atoms with Gasteiger partial charge in [-0.1, -0.05) is 6.92 Å². The van der Waals surface area contributed by atoms with Crippen molar-refractivity contribution in [3.63, 3.8) is 0 Å². The van der Waals surface area contributed by atoms with E-state index in [0.717, 1.165) is 25.9 Å². The maximum atomic E-state index is 12.3. The Labute approximate surface area is 119 Å². The molecule has 0 aromatic rings. The number of hydrogen-bond acceptors (Lipinski definition) is 4. The number of amides is 2. The molecule has 1 saturated heterocycles. The predicted octanol–water partition coefficient (Wildman–Crippen LogP) is 0.212. The fourth-order valence-electron chi connectivity index (χ4n) is 2.43. The van der Waals surface area contributed by atoms with Gasteiger partial charge in [-0.2, -0.15) is 0 Å². The molecule has 1 aliphatic heterocycles. The summed E-state index contributed by atoms with van der Waals surface area (Å²) in [6.07, 6.45) is 1.74. The molecule has 0 aromatic carbocycles. The van der Waals surface area contributed by atoms with E-state index < -0.39 is 12.0 Å². The zero-order chi connectivity index (χ0) is 15.1. The van der Waals surface area contributed by atoms with E-state index in [0.29, 0.717) is 6.54 Å². The maximum Gasteiger partial charge on any atom is 0.328 e. The number of aliphatic carboxylic acids is 1. The quantitative estimate of drug-likeness (QED) is 0.755. The molecule has 1 rings (SSSR count). The van der Waals surface area contributed by atoms with Crippen LogP contribution in [0.15, 0.2) is 0 Å². The summed E-state index contributed by atoms with van der Waals surface area (Å²) in [5.41, 5.74) is 0. The number of nitrogens with zero attached hydrogens (tertiary/aromatic N) is 2. The van der Waals surface area contributed by atoms with Gasteiger partial charge < -0.3 is 25.0 Å². The number of carboxylic acid groups (broad SMARTS) is 1. The highest BCUT2D eigenvalue weighted by molar-refractivity contribution is 5.82. The highest BCUT2D eigenvalue weighted by Crippen LogP contribution is 2.12. The average molecular weight is 287 g/mol. The van der Waals surface area contributed by atoms with Crippen molar-refractivity contribution in [1.82, 2.24) is 15.1 Å². The second-order valence-electron chi connectivity index (χ2n) is 5.17. The van der Waals surface area contributed by atoms with Gasteiger partial charge in [-0.25, -0.2) is 9.59 Å². The molecule has 2 N–H and O–H groups in total. The lowest BCUT2D eigenvalue weighted by atomic mass is 10.2. The second-order valence-corrected chi connectivity index (χ2v) is 5.17. The molecule has 0 bridgehead atoms. The second kappa shape index (κ2) is 8.06. The van der Waals surface area contributed by atoms with Crippen LogP contribution in [0.2, 0.25) is 0 Å². The first-order valence-electron chi connectivity index (χ1n) is 6.97. The summed E-state index contributed by atoms with van der Waals surface area (Å²) in [7, 11) is 3.45. The van der Waals surface area contributed by atoms with Crippen LogP contribution in [0.4, 0.5) is 4.79 Å². The van der Waals surface area contributed by atoms with Crippen LogP contribution in [0, 0.1) is 0 Å². The summed E-state index contributed by atoms with van der Waals surface area (Å²) in [6.45, 7) is 4.40. The van der Waals surface area contributed by atoms with E-state index in [4.69, 9.17) is 9.84 Å². The Balaban J connectivity index is 2.69. The van der Waals surface area contributed by atoms with Crippen LogP contribution >= 0.6 is 0 Å². The number of rotatable bonds is 5. The highest BCUT2D eigenvalue weighted by Gasteiger charge is 2.29. The molecule has 0 spiro atoms. The largest absolute Gasteiger partial charge is 0.480 e. The summed E-state index contributed by atoms with van der Waals surface area (Å²) in [6, 6.07) is -1.22. The topological polar surface area (TPSA) is 82.1 Å². The minimum Gasteiger partial charge on any atom is -0.480 e. The van der Waals surface area contributed by atoms with Gasteiger partial charge in [0.2, 0.25) is 0 Å². The van der Waals surface area contributed by atoms with Gasteiger partial charge in [-0.3, -0.25) is 0 Å². The smallest absolute Gasteiger partial charge is 0.328 e. The molecule has 0 aliphatic carbocycles. The van der Waals surface area contributed by atoms with Crippen LogP contribution < -0.4 is 5.32 Å². The van der Waals surface area contributed by atoms with Gasteiger partial charge in [0, 0.05) is 26.2 Å². The monoisotopic (exact) mass is 287 g/mol. The van der Waals surface area contributed by atoms with E-state index in [9.17, 15) is 9.59 Å². The fraction of sp³-hybridized carbons (Fsp3) is 0.846. The number of likely N-dealkylation sites (N-methyl/N-ethyl adjacent to an activating group) is 1. The van der Waals surface area contributed by atoms with Crippen molar-refractivity contribution in [3.05, 3.63) is 0 Å². The van der Waals surface area contributed by atoms with Gasteiger partial charge in [0.05, 0.1) is 6.61 Å². The van der Waals surface area contributed by atoms with Crippen LogP contribution in [0.25, 0.3) is 0 Å². The molecule has 2 unspecified atom stereocenters. The van der Waals surface area contributed by atoms with Crippen molar-refractivity contribution >= 4 is 12.0 Å². The number of methoxy groups -OCH3 is 1. The summed E-state index contributed by atoms with van der Waals surface area (Å²) in [5, 5.41) is 11.6. The highest BCUT2D eigenvalue weighted by atomic mass is 16.5. The molecule has 0 aromatic heterocycles. The molecular formula is C13H25N3O4. The Kier molecular flexibility index (Phi) is 6.74. The lowest BCUT2D eigenvalue weighted by molar-refractivity contribution is -0.140. The first-order valence-corrected chi connectivity index (χ1v) is 6.97. The van der Waals surface area contributed by atoms with Gasteiger partial charge in [0.15, 0.2) is 6.04 Å². The third-order valence-electron chi connectivity index (χ3n) is 3.56. The Morgan fingerprint density at radius 2 is 2.15 bits per heavy atom. The molecule has 7 heteroatoms. The molecule has 116 valence electrons. The van der Waals surface area contributed by atoms with Crippen molar-refractivity contribution in [2.45, 2.75) is 31.8 Å². The van der Waals surface area contributed by atoms with Crippen molar-refractivity contribution in [2.24, 2.45) is 0 Å². The summed E-state index contributed by atoms with van der Waals surface area (Å²) in [4.78, 5) is 27.3. The molecule has 1 aliphatic rings. The molecule has 1 fully saturated rings. The van der Waals surface area contributed by atoms with Crippen molar-refractivity contribution in [1.29, 1.82) is 0 Å². The molecule has 1 heterocycles. The minimum absolute atomic E-state index is 0.0361. The van der Waals surface area contributed by atoms with E-state index in [1.54, 1.807) is 4.90 Å². The van der Waals surface area contributed by atoms with Crippen molar-refractivity contribution in [2.75, 3.05) is 40.4 Å². The number of urea groups is 1. The number of carbonyl (C=O) groups is 2. The molecule has 0 saturated carbocycles. The molecule has 2 atom stereocenters. The van der Waals surface area contributed by atoms with E-state index in [-0.39, 0.29) is 18.7 Å². The van der Waals surface area contributed by atoms with Crippen LogP contribution in [0.1, 0.15) is 19.8 Å². The van der Waals surface area contributed by atoms with Crippen LogP contribution in [-0.2, 0) is 9.53 Å². The molecule has 20 heavy (non-hydrogen) atoms. The van der Waals surface area contributed by atoms with Crippen LogP contribution in [0.5, 0.6) is 0 Å². The zero-order valence-electron chi connectivity index (χ0n) is 12.5. The lowest BCUT2D eigenvalue weighted by Gasteiger charge is -2.31. The molecular weight excluding hydrogens is 262 g/mol. The van der Waals surface area contributed by atoms with E-state index in [1.165, 1.54) is 7.11 Å². The van der Waals surface area contributed by atoms with Crippen molar-refractivity contribution in [3.8, 4) is 0 Å². The molecule has 2 amide bonds. The van der Waals surface area contributed by atoms with Gasteiger partial charge in [-0.05, 0) is 26.4 Å². The first kappa shape index (κ1) is 16.7. The third-order valence-corrected chi connectivity index (χ3v) is 3.56.